The van der Waals surface area contributed by atoms with Crippen LogP contribution in [0.25, 0.3) is 0 Å². The lowest BCUT2D eigenvalue weighted by atomic mass is 10.1. The van der Waals surface area contributed by atoms with Crippen molar-refractivity contribution < 1.29 is 19.1 Å². The number of anilines is 1. The molecule has 0 saturated carbocycles. The third kappa shape index (κ3) is 4.44. The van der Waals surface area contributed by atoms with Gasteiger partial charge in [0.1, 0.15) is 24.7 Å². The highest BCUT2D eigenvalue weighted by atomic mass is 16.5. The van der Waals surface area contributed by atoms with Crippen molar-refractivity contribution >= 4 is 17.5 Å². The first-order valence-corrected chi connectivity index (χ1v) is 9.42. The van der Waals surface area contributed by atoms with Gasteiger partial charge >= 0.3 is 0 Å². The zero-order chi connectivity index (χ0) is 20.1. The summed E-state index contributed by atoms with van der Waals surface area (Å²) >= 11 is 0. The smallest absolute Gasteiger partial charge is 0.246 e. The molecule has 2 aromatic carbocycles. The topological polar surface area (TPSA) is 59.1 Å². The highest BCUT2D eigenvalue weighted by Crippen LogP contribution is 2.31. The van der Waals surface area contributed by atoms with Gasteiger partial charge in [-0.05, 0) is 49.2 Å². The molecule has 1 unspecified atom stereocenters. The van der Waals surface area contributed by atoms with Crippen LogP contribution in [0, 0.1) is 0 Å². The molecule has 1 heterocycles. The van der Waals surface area contributed by atoms with Crippen LogP contribution >= 0.6 is 0 Å². The summed E-state index contributed by atoms with van der Waals surface area (Å²) in [6.45, 7) is 4.20. The van der Waals surface area contributed by atoms with Crippen molar-refractivity contribution in [1.82, 2.24) is 4.90 Å². The predicted octanol–water partition coefficient (Wildman–Crippen LogP) is 2.90. The minimum absolute atomic E-state index is 0.0416. The Hall–Kier alpha value is -3.02. The molecule has 2 aromatic rings. The molecule has 0 radical (unpaired) electrons. The molecular weight excluding hydrogens is 356 g/mol. The quantitative estimate of drug-likeness (QED) is 0.739. The summed E-state index contributed by atoms with van der Waals surface area (Å²) in [5.74, 6) is 1.23. The number of carbonyl (C=O) groups excluding carboxylic acids is 2. The summed E-state index contributed by atoms with van der Waals surface area (Å²) in [4.78, 5) is 28.3. The van der Waals surface area contributed by atoms with Crippen molar-refractivity contribution in [3.63, 3.8) is 0 Å². The molecule has 1 aliphatic heterocycles. The second-order valence-corrected chi connectivity index (χ2v) is 6.91. The molecule has 3 rings (SSSR count). The van der Waals surface area contributed by atoms with E-state index in [-0.39, 0.29) is 24.4 Å². The number of fused-ring (bicyclic) bond motifs is 1. The van der Waals surface area contributed by atoms with Gasteiger partial charge in [-0.15, -0.1) is 0 Å². The summed E-state index contributed by atoms with van der Waals surface area (Å²) in [5.41, 5.74) is 2.11. The number of ether oxygens (including phenoxy) is 2. The number of nitrogens with zero attached hydrogens (tertiary/aromatic N) is 2. The van der Waals surface area contributed by atoms with E-state index in [1.807, 2.05) is 55.5 Å². The lowest BCUT2D eigenvalue weighted by Crippen LogP contribution is -2.45. The predicted molar refractivity (Wildman–Crippen MR) is 108 cm³/mol. The molecule has 0 fully saturated rings. The first-order chi connectivity index (χ1) is 13.5. The molecule has 0 aliphatic carbocycles. The van der Waals surface area contributed by atoms with E-state index in [2.05, 4.69) is 0 Å². The Labute approximate surface area is 165 Å². The number of hydrogen-bond donors (Lipinski definition) is 0. The lowest BCUT2D eigenvalue weighted by Gasteiger charge is -2.27. The molecule has 0 bridgehead atoms. The third-order valence-corrected chi connectivity index (χ3v) is 4.94. The van der Waals surface area contributed by atoms with Crippen LogP contribution in [0.3, 0.4) is 0 Å². The van der Waals surface area contributed by atoms with Gasteiger partial charge in [-0.3, -0.25) is 9.59 Å². The van der Waals surface area contributed by atoms with Gasteiger partial charge in [0.2, 0.25) is 11.8 Å². The van der Waals surface area contributed by atoms with E-state index in [4.69, 9.17) is 9.47 Å². The first kappa shape index (κ1) is 19.7. The van der Waals surface area contributed by atoms with Gasteiger partial charge in [-0.2, -0.15) is 0 Å². The summed E-state index contributed by atoms with van der Waals surface area (Å²) < 4.78 is 10.8. The van der Waals surface area contributed by atoms with E-state index < -0.39 is 0 Å². The van der Waals surface area contributed by atoms with Crippen molar-refractivity contribution in [2.24, 2.45) is 0 Å². The van der Waals surface area contributed by atoms with Crippen molar-refractivity contribution in [1.29, 1.82) is 0 Å². The van der Waals surface area contributed by atoms with Crippen molar-refractivity contribution in [3.8, 4) is 11.5 Å². The van der Waals surface area contributed by atoms with Gasteiger partial charge in [0, 0.05) is 18.7 Å². The number of benzene rings is 2. The van der Waals surface area contributed by atoms with Gasteiger partial charge in [0.05, 0.1) is 13.7 Å². The molecule has 6 nitrogen and oxygen atoms in total. The van der Waals surface area contributed by atoms with Crippen molar-refractivity contribution in [2.45, 2.75) is 26.3 Å². The minimum Gasteiger partial charge on any atom is -0.497 e. The fourth-order valence-corrected chi connectivity index (χ4v) is 3.48. The maximum Gasteiger partial charge on any atom is 0.246 e. The monoisotopic (exact) mass is 382 g/mol. The van der Waals surface area contributed by atoms with Gasteiger partial charge in [-0.25, -0.2) is 0 Å². The van der Waals surface area contributed by atoms with Crippen LogP contribution in [0.15, 0.2) is 48.5 Å². The molecule has 0 spiro atoms. The summed E-state index contributed by atoms with van der Waals surface area (Å²) in [6.07, 6.45) is 0.836. The Morgan fingerprint density at radius 1 is 1.11 bits per heavy atom. The lowest BCUT2D eigenvalue weighted by molar-refractivity contribution is -0.133. The molecule has 6 heteroatoms. The molecule has 0 N–H and O–H groups in total. The van der Waals surface area contributed by atoms with Gasteiger partial charge < -0.3 is 19.3 Å². The standard InChI is InChI=1S/C22H26N2O4/c1-16-14-18-6-4-5-7-21(18)24(16)22(26)15-23(17(2)25)12-13-28-20-10-8-19(27-3)9-11-20/h4-11,16H,12-15H2,1-3H3. The summed E-state index contributed by atoms with van der Waals surface area (Å²) in [6, 6.07) is 15.3. The van der Waals surface area contributed by atoms with E-state index in [9.17, 15) is 9.59 Å². The van der Waals surface area contributed by atoms with Gasteiger partial charge in [0.15, 0.2) is 0 Å². The number of methoxy groups -OCH3 is 1. The summed E-state index contributed by atoms with van der Waals surface area (Å²) in [7, 11) is 1.61. The maximum atomic E-state index is 12.9. The fraction of sp³-hybridized carbons (Fsp3) is 0.364. The Kier molecular flexibility index (Phi) is 6.19. The molecule has 0 aromatic heterocycles. The molecular formula is C22H26N2O4. The van der Waals surface area contributed by atoms with E-state index in [0.29, 0.717) is 18.9 Å². The van der Waals surface area contributed by atoms with Crippen molar-refractivity contribution in [2.75, 3.05) is 31.7 Å². The zero-order valence-electron chi connectivity index (χ0n) is 16.6. The average molecular weight is 382 g/mol. The molecule has 0 saturated heterocycles. The highest BCUT2D eigenvalue weighted by molar-refractivity contribution is 5.98. The second kappa shape index (κ2) is 8.78. The highest BCUT2D eigenvalue weighted by Gasteiger charge is 2.31. The summed E-state index contributed by atoms with van der Waals surface area (Å²) in [5, 5.41) is 0. The second-order valence-electron chi connectivity index (χ2n) is 6.91. The Balaban J connectivity index is 1.58. The number of para-hydroxylation sites is 1. The number of carbonyl (C=O) groups is 2. The van der Waals surface area contributed by atoms with E-state index >= 15 is 0 Å². The Bertz CT molecular complexity index is 835. The SMILES string of the molecule is COc1ccc(OCCN(CC(=O)N2c3ccccc3CC2C)C(C)=O)cc1. The Morgan fingerprint density at radius 2 is 1.79 bits per heavy atom. The van der Waals surface area contributed by atoms with E-state index in [0.717, 1.165) is 17.9 Å². The molecule has 2 amide bonds. The van der Waals surface area contributed by atoms with Crippen LogP contribution < -0.4 is 14.4 Å². The van der Waals surface area contributed by atoms with Crippen LogP contribution in [-0.2, 0) is 16.0 Å². The van der Waals surface area contributed by atoms with Crippen LogP contribution in [-0.4, -0.2) is 49.6 Å². The van der Waals surface area contributed by atoms with E-state index in [1.54, 1.807) is 12.0 Å². The third-order valence-electron chi connectivity index (χ3n) is 4.94. The molecule has 148 valence electrons. The molecule has 28 heavy (non-hydrogen) atoms. The molecule has 1 atom stereocenters. The Morgan fingerprint density at radius 3 is 2.46 bits per heavy atom. The average Bonchev–Trinajstić information content (AvgIpc) is 3.03. The number of amides is 2. The first-order valence-electron chi connectivity index (χ1n) is 9.42. The fourth-order valence-electron chi connectivity index (χ4n) is 3.48. The van der Waals surface area contributed by atoms with Crippen LogP contribution in [0.2, 0.25) is 0 Å². The van der Waals surface area contributed by atoms with Gasteiger partial charge in [0.25, 0.3) is 0 Å². The molecule has 1 aliphatic rings. The van der Waals surface area contributed by atoms with Gasteiger partial charge in [-0.1, -0.05) is 18.2 Å². The minimum atomic E-state index is -0.146. The largest absolute Gasteiger partial charge is 0.497 e. The number of hydrogen-bond acceptors (Lipinski definition) is 4. The maximum absolute atomic E-state index is 12.9. The van der Waals surface area contributed by atoms with E-state index in [1.165, 1.54) is 17.4 Å². The van der Waals surface area contributed by atoms with Crippen LogP contribution in [0.4, 0.5) is 5.69 Å². The number of rotatable bonds is 7. The van der Waals surface area contributed by atoms with Crippen molar-refractivity contribution in [3.05, 3.63) is 54.1 Å². The van der Waals surface area contributed by atoms with Crippen LogP contribution in [0.1, 0.15) is 19.4 Å². The van der Waals surface area contributed by atoms with Crippen LogP contribution in [0.5, 0.6) is 11.5 Å². The zero-order valence-corrected chi connectivity index (χ0v) is 16.6. The normalized spacial score (nSPS) is 15.1.